The topological polar surface area (TPSA) is 124 Å². The van der Waals surface area contributed by atoms with E-state index in [2.05, 4.69) is 0 Å². The molecule has 0 spiro atoms. The van der Waals surface area contributed by atoms with Gasteiger partial charge in [0.1, 0.15) is 0 Å². The van der Waals surface area contributed by atoms with Crippen LogP contribution in [0.4, 0.5) is 0 Å². The van der Waals surface area contributed by atoms with Crippen molar-refractivity contribution < 1.29 is 19.6 Å². The minimum Gasteiger partial charge on any atom is -0.480 e. The van der Waals surface area contributed by atoms with Gasteiger partial charge in [-0.3, -0.25) is 14.9 Å². The van der Waals surface area contributed by atoms with Crippen LogP contribution in [0.5, 0.6) is 0 Å². The van der Waals surface area contributed by atoms with E-state index in [4.69, 9.17) is 10.8 Å². The number of hydrogen-bond donors (Lipinski definition) is 2. The van der Waals surface area contributed by atoms with Gasteiger partial charge in [-0.1, -0.05) is 0 Å². The standard InChI is InChI=1S/C8H14N2O5/c1-6(11)8(9,7(12)13)4-2-3-5-10(14)15/h2-5,9H2,1H3,(H,12,13). The monoisotopic (exact) mass is 218 g/mol. The van der Waals surface area contributed by atoms with Crippen molar-refractivity contribution in [3.05, 3.63) is 10.1 Å². The molecule has 1 unspecified atom stereocenters. The van der Waals surface area contributed by atoms with Gasteiger partial charge in [0.2, 0.25) is 6.54 Å². The third-order valence-corrected chi connectivity index (χ3v) is 2.17. The van der Waals surface area contributed by atoms with Crippen molar-refractivity contribution in [2.75, 3.05) is 6.54 Å². The molecular formula is C8H14N2O5. The molecule has 0 saturated carbocycles. The molecule has 0 heterocycles. The Hall–Kier alpha value is -1.50. The molecule has 0 bridgehead atoms. The zero-order valence-electron chi connectivity index (χ0n) is 8.43. The molecule has 7 heteroatoms. The normalized spacial score (nSPS) is 14.3. The number of hydrogen-bond acceptors (Lipinski definition) is 5. The number of unbranched alkanes of at least 4 members (excludes halogenated alkanes) is 1. The smallest absolute Gasteiger partial charge is 0.331 e. The number of nitro groups is 1. The molecule has 1 atom stereocenters. The first-order chi connectivity index (χ1) is 6.80. The molecular weight excluding hydrogens is 204 g/mol. The fourth-order valence-corrected chi connectivity index (χ4v) is 1.08. The highest BCUT2D eigenvalue weighted by Crippen LogP contribution is 2.13. The summed E-state index contributed by atoms with van der Waals surface area (Å²) in [5.74, 6) is -2.03. The fourth-order valence-electron chi connectivity index (χ4n) is 1.08. The maximum absolute atomic E-state index is 11.0. The van der Waals surface area contributed by atoms with Crippen LogP contribution in [0, 0.1) is 10.1 Å². The van der Waals surface area contributed by atoms with Crippen LogP contribution in [0.15, 0.2) is 0 Å². The SMILES string of the molecule is CC(=O)C(N)(CCCC[N+](=O)[O-])C(=O)O. The van der Waals surface area contributed by atoms with Crippen LogP contribution in [0.25, 0.3) is 0 Å². The van der Waals surface area contributed by atoms with Gasteiger partial charge in [0, 0.05) is 11.3 Å². The lowest BCUT2D eigenvalue weighted by atomic mass is 9.90. The molecule has 0 aromatic heterocycles. The maximum Gasteiger partial charge on any atom is 0.331 e. The summed E-state index contributed by atoms with van der Waals surface area (Å²) in [4.78, 5) is 31.2. The van der Waals surface area contributed by atoms with Crippen molar-refractivity contribution in [1.29, 1.82) is 0 Å². The van der Waals surface area contributed by atoms with Crippen LogP contribution in [-0.2, 0) is 9.59 Å². The quantitative estimate of drug-likeness (QED) is 0.264. The number of rotatable bonds is 7. The Morgan fingerprint density at radius 3 is 2.33 bits per heavy atom. The molecule has 0 aromatic rings. The van der Waals surface area contributed by atoms with Crippen LogP contribution in [0.3, 0.4) is 0 Å². The molecule has 0 fully saturated rings. The lowest BCUT2D eigenvalue weighted by Crippen LogP contribution is -2.53. The summed E-state index contributed by atoms with van der Waals surface area (Å²) >= 11 is 0. The summed E-state index contributed by atoms with van der Waals surface area (Å²) in [6, 6.07) is 0. The van der Waals surface area contributed by atoms with E-state index in [0.717, 1.165) is 6.92 Å². The Bertz CT molecular complexity index is 262. The van der Waals surface area contributed by atoms with Gasteiger partial charge in [-0.2, -0.15) is 0 Å². The zero-order valence-corrected chi connectivity index (χ0v) is 8.43. The fraction of sp³-hybridized carbons (Fsp3) is 0.750. The average Bonchev–Trinajstić information content (AvgIpc) is 2.10. The Kier molecular flexibility index (Phi) is 4.86. The number of carbonyl (C=O) groups excluding carboxylic acids is 1. The molecule has 0 rings (SSSR count). The predicted molar refractivity (Wildman–Crippen MR) is 50.9 cm³/mol. The van der Waals surface area contributed by atoms with Gasteiger partial charge in [0.25, 0.3) is 0 Å². The van der Waals surface area contributed by atoms with E-state index in [1.54, 1.807) is 0 Å². The molecule has 0 aliphatic heterocycles. The number of aliphatic carboxylic acids is 1. The molecule has 7 nitrogen and oxygen atoms in total. The van der Waals surface area contributed by atoms with Crippen molar-refractivity contribution in [2.24, 2.45) is 5.73 Å². The molecule has 0 aliphatic carbocycles. The summed E-state index contributed by atoms with van der Waals surface area (Å²) in [6.07, 6.45) is 0.376. The number of nitrogens with two attached hydrogens (primary N) is 1. The zero-order chi connectivity index (χ0) is 12.1. The highest BCUT2D eigenvalue weighted by atomic mass is 16.6. The van der Waals surface area contributed by atoms with E-state index in [1.165, 1.54) is 0 Å². The summed E-state index contributed by atoms with van der Waals surface area (Å²) in [5.41, 5.74) is 3.48. The highest BCUT2D eigenvalue weighted by molar-refractivity contribution is 6.06. The van der Waals surface area contributed by atoms with E-state index >= 15 is 0 Å². The van der Waals surface area contributed by atoms with Crippen LogP contribution in [0.2, 0.25) is 0 Å². The van der Waals surface area contributed by atoms with Gasteiger partial charge in [-0.05, 0) is 19.8 Å². The maximum atomic E-state index is 11.0. The van der Waals surface area contributed by atoms with Gasteiger partial charge < -0.3 is 10.8 Å². The summed E-state index contributed by atoms with van der Waals surface area (Å²) in [5, 5.41) is 18.7. The number of ketones is 1. The second-order valence-corrected chi connectivity index (χ2v) is 3.35. The number of nitrogens with zero attached hydrogens (tertiary/aromatic N) is 1. The second kappa shape index (κ2) is 5.40. The minimum absolute atomic E-state index is 0.0779. The summed E-state index contributed by atoms with van der Waals surface area (Å²) in [6.45, 7) is 0.856. The van der Waals surface area contributed by atoms with Gasteiger partial charge in [-0.25, -0.2) is 4.79 Å². The van der Waals surface area contributed by atoms with Crippen LogP contribution < -0.4 is 5.73 Å². The summed E-state index contributed by atoms with van der Waals surface area (Å²) in [7, 11) is 0. The largest absolute Gasteiger partial charge is 0.480 e. The van der Waals surface area contributed by atoms with Crippen LogP contribution in [0.1, 0.15) is 26.2 Å². The van der Waals surface area contributed by atoms with Gasteiger partial charge in [-0.15, -0.1) is 0 Å². The Morgan fingerprint density at radius 2 is 2.00 bits per heavy atom. The molecule has 0 aliphatic rings. The van der Waals surface area contributed by atoms with Crippen LogP contribution >= 0.6 is 0 Å². The van der Waals surface area contributed by atoms with Crippen molar-refractivity contribution in [2.45, 2.75) is 31.7 Å². The molecule has 3 N–H and O–H groups in total. The Balaban J connectivity index is 4.15. The van der Waals surface area contributed by atoms with Gasteiger partial charge in [0.05, 0.1) is 0 Å². The highest BCUT2D eigenvalue weighted by Gasteiger charge is 2.38. The Morgan fingerprint density at radius 1 is 1.47 bits per heavy atom. The molecule has 0 aromatic carbocycles. The van der Waals surface area contributed by atoms with E-state index in [-0.39, 0.29) is 25.8 Å². The first kappa shape index (κ1) is 13.5. The third kappa shape index (κ3) is 4.03. The first-order valence-electron chi connectivity index (χ1n) is 4.46. The summed E-state index contributed by atoms with van der Waals surface area (Å²) < 4.78 is 0. The molecule has 0 radical (unpaired) electrons. The van der Waals surface area contributed by atoms with E-state index < -0.39 is 22.2 Å². The first-order valence-corrected chi connectivity index (χ1v) is 4.46. The van der Waals surface area contributed by atoms with Crippen molar-refractivity contribution in [3.63, 3.8) is 0 Å². The number of Topliss-reactive ketones (excluding diaryl/α,β-unsaturated/α-hetero) is 1. The average molecular weight is 218 g/mol. The number of carboxylic acids is 1. The lowest BCUT2D eigenvalue weighted by molar-refractivity contribution is -0.480. The van der Waals surface area contributed by atoms with Gasteiger partial charge >= 0.3 is 5.97 Å². The van der Waals surface area contributed by atoms with Gasteiger partial charge in [0.15, 0.2) is 11.3 Å². The van der Waals surface area contributed by atoms with E-state index in [0.29, 0.717) is 0 Å². The molecule has 0 saturated heterocycles. The van der Waals surface area contributed by atoms with E-state index in [1.807, 2.05) is 0 Å². The van der Waals surface area contributed by atoms with E-state index in [9.17, 15) is 19.7 Å². The molecule has 86 valence electrons. The van der Waals surface area contributed by atoms with Crippen molar-refractivity contribution >= 4 is 11.8 Å². The third-order valence-electron chi connectivity index (χ3n) is 2.17. The predicted octanol–water partition coefficient (Wildman–Crippen LogP) is -0.196. The van der Waals surface area contributed by atoms with Crippen LogP contribution in [-0.4, -0.2) is 33.9 Å². The Labute approximate surface area is 86.4 Å². The van der Waals surface area contributed by atoms with Crippen molar-refractivity contribution in [1.82, 2.24) is 0 Å². The number of carboxylic acid groups (broad SMARTS) is 1. The lowest BCUT2D eigenvalue weighted by Gasteiger charge is -2.20. The molecule has 15 heavy (non-hydrogen) atoms. The van der Waals surface area contributed by atoms with Crippen molar-refractivity contribution in [3.8, 4) is 0 Å². The number of carbonyl (C=O) groups is 2. The minimum atomic E-state index is -1.91. The second-order valence-electron chi connectivity index (χ2n) is 3.35. The molecule has 0 amide bonds.